The molecule has 1 aliphatic heterocycles. The van der Waals surface area contributed by atoms with Crippen LogP contribution in [-0.4, -0.2) is 64.4 Å². The molecule has 2 atom stereocenters. The maximum absolute atomic E-state index is 13.3. The predicted octanol–water partition coefficient (Wildman–Crippen LogP) is 2.78. The zero-order valence-corrected chi connectivity index (χ0v) is 20.9. The van der Waals surface area contributed by atoms with E-state index in [1.807, 2.05) is 0 Å². The van der Waals surface area contributed by atoms with Gasteiger partial charge in [0.2, 0.25) is 10.0 Å². The van der Waals surface area contributed by atoms with E-state index in [1.165, 1.54) is 0 Å². The monoisotopic (exact) mass is 556 g/mol. The first-order valence-electron chi connectivity index (χ1n) is 10.4. The third-order valence-electron chi connectivity index (χ3n) is 5.26. The lowest BCUT2D eigenvalue weighted by atomic mass is 10.2. The predicted molar refractivity (Wildman–Crippen MR) is 119 cm³/mol. The third kappa shape index (κ3) is 6.33. The highest BCUT2D eigenvalue weighted by atomic mass is 32.2. The van der Waals surface area contributed by atoms with Crippen molar-refractivity contribution in [3.63, 3.8) is 0 Å². The molecule has 2 unspecified atom stereocenters. The van der Waals surface area contributed by atoms with Crippen molar-refractivity contribution in [2.75, 3.05) is 24.9 Å². The Kier molecular flexibility index (Phi) is 7.75. The molecule has 3 rings (SSSR count). The number of nitrogens with zero attached hydrogens (tertiary/aromatic N) is 1. The zero-order valence-electron chi connectivity index (χ0n) is 19.3. The highest BCUT2D eigenvalue weighted by Crippen LogP contribution is 2.36. The number of benzene rings is 2. The first-order valence-corrected chi connectivity index (χ1v) is 13.3. The van der Waals surface area contributed by atoms with Gasteiger partial charge < -0.3 is 14.6 Å². The SMILES string of the molecule is CN(CC(O)C1COC(C)(C)O1)S(=O)(=O)c1cccc(S(=O)(=O)Nc2ccc(F)cc2C(F)(F)F)c1. The quantitative estimate of drug-likeness (QED) is 0.480. The number of nitrogens with one attached hydrogen (secondary N) is 1. The molecule has 2 N–H and O–H groups in total. The van der Waals surface area contributed by atoms with E-state index in [1.54, 1.807) is 18.6 Å². The van der Waals surface area contributed by atoms with Crippen LogP contribution >= 0.6 is 0 Å². The van der Waals surface area contributed by atoms with Gasteiger partial charge in [0.1, 0.15) is 11.9 Å². The lowest BCUT2D eigenvalue weighted by Gasteiger charge is -2.24. The second kappa shape index (κ2) is 9.87. The number of ether oxygens (including phenoxy) is 2. The minimum absolute atomic E-state index is 0.0325. The van der Waals surface area contributed by atoms with Crippen LogP contribution in [0.3, 0.4) is 0 Å². The van der Waals surface area contributed by atoms with Crippen LogP contribution in [0.4, 0.5) is 23.2 Å². The summed E-state index contributed by atoms with van der Waals surface area (Å²) in [6, 6.07) is 5.33. The molecule has 0 bridgehead atoms. The largest absolute Gasteiger partial charge is 0.418 e. The van der Waals surface area contributed by atoms with Gasteiger partial charge in [0.25, 0.3) is 10.0 Å². The molecule has 0 aromatic heterocycles. The summed E-state index contributed by atoms with van der Waals surface area (Å²) in [4.78, 5) is -1.14. The molecule has 0 spiro atoms. The number of sulfonamides is 2. The summed E-state index contributed by atoms with van der Waals surface area (Å²) >= 11 is 0. The van der Waals surface area contributed by atoms with Crippen molar-refractivity contribution in [1.82, 2.24) is 4.31 Å². The Morgan fingerprint density at radius 1 is 1.14 bits per heavy atom. The maximum atomic E-state index is 13.3. The van der Waals surface area contributed by atoms with Crippen LogP contribution in [0.5, 0.6) is 0 Å². The molecule has 0 saturated carbocycles. The van der Waals surface area contributed by atoms with Crippen LogP contribution in [0.25, 0.3) is 0 Å². The van der Waals surface area contributed by atoms with E-state index in [0.717, 1.165) is 35.6 Å². The summed E-state index contributed by atoms with van der Waals surface area (Å²) in [5.74, 6) is -2.17. The lowest BCUT2D eigenvalue weighted by Crippen LogP contribution is -2.41. The number of anilines is 1. The van der Waals surface area contributed by atoms with E-state index in [2.05, 4.69) is 0 Å². The molecule has 1 saturated heterocycles. The van der Waals surface area contributed by atoms with E-state index in [9.17, 15) is 39.5 Å². The zero-order chi connectivity index (χ0) is 27.1. The molecular weight excluding hydrogens is 532 g/mol. The van der Waals surface area contributed by atoms with Crippen LogP contribution in [0.2, 0.25) is 0 Å². The summed E-state index contributed by atoms with van der Waals surface area (Å²) in [7, 11) is -7.88. The Balaban J connectivity index is 1.84. The number of likely N-dealkylation sites (N-methyl/N-ethyl adjacent to an activating group) is 1. The van der Waals surface area contributed by atoms with Crippen molar-refractivity contribution >= 4 is 25.7 Å². The van der Waals surface area contributed by atoms with Crippen molar-refractivity contribution in [3.8, 4) is 0 Å². The van der Waals surface area contributed by atoms with Gasteiger partial charge in [-0.3, -0.25) is 4.72 Å². The highest BCUT2D eigenvalue weighted by Gasteiger charge is 2.39. The molecule has 200 valence electrons. The summed E-state index contributed by atoms with van der Waals surface area (Å²) in [6.07, 6.45) is -7.12. The van der Waals surface area contributed by atoms with Crippen molar-refractivity contribution in [2.45, 2.75) is 47.8 Å². The van der Waals surface area contributed by atoms with E-state index >= 15 is 0 Å². The van der Waals surface area contributed by atoms with Crippen molar-refractivity contribution in [2.24, 2.45) is 0 Å². The summed E-state index contributed by atoms with van der Waals surface area (Å²) in [5.41, 5.74) is -2.48. The Bertz CT molecular complexity index is 1330. The Hall–Kier alpha value is -2.30. The molecule has 36 heavy (non-hydrogen) atoms. The Morgan fingerprint density at radius 2 is 1.78 bits per heavy atom. The molecule has 2 aromatic rings. The van der Waals surface area contributed by atoms with Gasteiger partial charge in [-0.15, -0.1) is 0 Å². The second-order valence-electron chi connectivity index (χ2n) is 8.49. The van der Waals surface area contributed by atoms with E-state index in [-0.39, 0.29) is 12.7 Å². The van der Waals surface area contributed by atoms with Gasteiger partial charge in [-0.1, -0.05) is 6.07 Å². The number of aliphatic hydroxyl groups excluding tert-OH is 1. The van der Waals surface area contributed by atoms with Crippen LogP contribution in [0, 0.1) is 5.82 Å². The van der Waals surface area contributed by atoms with E-state index in [4.69, 9.17) is 9.47 Å². The molecular formula is C21H24F4N2O7S2. The van der Waals surface area contributed by atoms with Gasteiger partial charge in [0, 0.05) is 13.6 Å². The van der Waals surface area contributed by atoms with Gasteiger partial charge in [-0.25, -0.2) is 21.2 Å². The fourth-order valence-corrected chi connectivity index (χ4v) is 5.84. The molecule has 1 aliphatic rings. The van der Waals surface area contributed by atoms with Crippen molar-refractivity contribution < 1.29 is 49.0 Å². The second-order valence-corrected chi connectivity index (χ2v) is 12.2. The molecule has 0 amide bonds. The van der Waals surface area contributed by atoms with Gasteiger partial charge >= 0.3 is 6.18 Å². The summed E-state index contributed by atoms with van der Waals surface area (Å²) in [6.45, 7) is 2.88. The van der Waals surface area contributed by atoms with Crippen molar-refractivity contribution in [3.05, 3.63) is 53.8 Å². The van der Waals surface area contributed by atoms with Crippen LogP contribution in [-0.2, 0) is 35.7 Å². The van der Waals surface area contributed by atoms with Gasteiger partial charge in [-0.2, -0.15) is 17.5 Å². The topological polar surface area (TPSA) is 122 Å². The average molecular weight is 557 g/mol. The fourth-order valence-electron chi connectivity index (χ4n) is 3.41. The van der Waals surface area contributed by atoms with E-state index < -0.39 is 77.6 Å². The Morgan fingerprint density at radius 3 is 2.36 bits per heavy atom. The first-order chi connectivity index (χ1) is 16.4. The minimum Gasteiger partial charge on any atom is -0.389 e. The molecule has 9 nitrogen and oxygen atoms in total. The number of aliphatic hydroxyl groups is 1. The third-order valence-corrected chi connectivity index (χ3v) is 8.44. The number of hydrogen-bond donors (Lipinski definition) is 2. The number of halogens is 4. The summed E-state index contributed by atoms with van der Waals surface area (Å²) in [5, 5.41) is 10.4. The standard InChI is InChI=1S/C21H24F4N2O7S2/c1-20(2)33-12-19(34-20)18(28)11-27(3)36(31,32)15-6-4-5-14(10-15)35(29,30)26-17-8-7-13(22)9-16(17)21(23,24)25/h4-10,18-19,26,28H,11-12H2,1-3H3. The molecule has 0 radical (unpaired) electrons. The smallest absolute Gasteiger partial charge is 0.389 e. The van der Waals surface area contributed by atoms with Gasteiger partial charge in [0.15, 0.2) is 5.79 Å². The lowest BCUT2D eigenvalue weighted by molar-refractivity contribution is -0.151. The van der Waals surface area contributed by atoms with Crippen molar-refractivity contribution in [1.29, 1.82) is 0 Å². The van der Waals surface area contributed by atoms with E-state index in [0.29, 0.717) is 12.1 Å². The molecule has 2 aromatic carbocycles. The number of rotatable bonds is 8. The van der Waals surface area contributed by atoms with Gasteiger partial charge in [-0.05, 0) is 50.2 Å². The normalized spacial score (nSPS) is 19.4. The van der Waals surface area contributed by atoms with Gasteiger partial charge in [0.05, 0.1) is 33.8 Å². The molecule has 1 fully saturated rings. The van der Waals surface area contributed by atoms with Crippen LogP contribution < -0.4 is 4.72 Å². The number of alkyl halides is 3. The molecule has 15 heteroatoms. The maximum Gasteiger partial charge on any atom is 0.418 e. The summed E-state index contributed by atoms with van der Waals surface area (Å²) < 4.78 is 118. The minimum atomic E-state index is -5.06. The average Bonchev–Trinajstić information content (AvgIpc) is 3.14. The Labute approximate surface area is 205 Å². The molecule has 0 aliphatic carbocycles. The number of hydrogen-bond acceptors (Lipinski definition) is 7. The highest BCUT2D eigenvalue weighted by molar-refractivity contribution is 7.93. The molecule has 1 heterocycles. The first kappa shape index (κ1) is 28.3. The fraction of sp³-hybridized carbons (Fsp3) is 0.429. The van der Waals surface area contributed by atoms with Crippen LogP contribution in [0.1, 0.15) is 19.4 Å². The van der Waals surface area contributed by atoms with Crippen LogP contribution in [0.15, 0.2) is 52.3 Å².